The van der Waals surface area contributed by atoms with Gasteiger partial charge in [0.1, 0.15) is 5.82 Å². The fourth-order valence-corrected chi connectivity index (χ4v) is 3.26. The van der Waals surface area contributed by atoms with Gasteiger partial charge >= 0.3 is 0 Å². The first-order valence-corrected chi connectivity index (χ1v) is 8.46. The molecule has 0 bridgehead atoms. The van der Waals surface area contributed by atoms with Crippen LogP contribution in [0.5, 0.6) is 0 Å². The quantitative estimate of drug-likeness (QED) is 0.847. The molecule has 1 aromatic heterocycles. The fraction of sp³-hybridized carbons (Fsp3) is 0.556. The Balaban J connectivity index is 1.86. The van der Waals surface area contributed by atoms with Gasteiger partial charge in [-0.25, -0.2) is 4.98 Å². The van der Waals surface area contributed by atoms with Crippen LogP contribution in [0.4, 0.5) is 11.8 Å². The topological polar surface area (TPSA) is 35.5 Å². The molecule has 1 saturated heterocycles. The molecule has 124 valence electrons. The van der Waals surface area contributed by atoms with Gasteiger partial charge in [-0.3, -0.25) is 0 Å². The summed E-state index contributed by atoms with van der Waals surface area (Å²) in [6, 6.07) is 8.26. The van der Waals surface area contributed by atoms with Crippen molar-refractivity contribution < 1.29 is 0 Å². The number of rotatable bonds is 5. The van der Waals surface area contributed by atoms with Crippen molar-refractivity contribution in [2.75, 3.05) is 57.1 Å². The lowest BCUT2D eigenvalue weighted by Crippen LogP contribution is -2.29. The van der Waals surface area contributed by atoms with Gasteiger partial charge in [0.05, 0.1) is 5.52 Å². The van der Waals surface area contributed by atoms with E-state index in [-0.39, 0.29) is 0 Å². The maximum absolute atomic E-state index is 4.84. The molecule has 0 saturated carbocycles. The Kier molecular flexibility index (Phi) is 4.66. The van der Waals surface area contributed by atoms with Gasteiger partial charge in [-0.1, -0.05) is 19.1 Å². The first-order chi connectivity index (χ1) is 11.1. The SMILES string of the molecule is CCN(C)CC1CCN(c2nc(N(C)C)c3ccccc3n2)C1. The monoisotopic (exact) mass is 313 g/mol. The number of hydrogen-bond acceptors (Lipinski definition) is 5. The van der Waals surface area contributed by atoms with Crippen molar-refractivity contribution in [2.45, 2.75) is 13.3 Å². The lowest BCUT2D eigenvalue weighted by atomic mass is 10.1. The van der Waals surface area contributed by atoms with Gasteiger partial charge in [0.25, 0.3) is 0 Å². The molecular formula is C18H27N5. The zero-order valence-corrected chi connectivity index (χ0v) is 14.7. The fourth-order valence-electron chi connectivity index (χ4n) is 3.26. The van der Waals surface area contributed by atoms with Crippen LogP contribution in [0.15, 0.2) is 24.3 Å². The summed E-state index contributed by atoms with van der Waals surface area (Å²) in [5.74, 6) is 2.58. The van der Waals surface area contributed by atoms with Crippen LogP contribution in [-0.2, 0) is 0 Å². The Morgan fingerprint density at radius 1 is 1.17 bits per heavy atom. The van der Waals surface area contributed by atoms with Crippen molar-refractivity contribution >= 4 is 22.7 Å². The van der Waals surface area contributed by atoms with Gasteiger partial charge < -0.3 is 14.7 Å². The summed E-state index contributed by atoms with van der Waals surface area (Å²) in [6.07, 6.45) is 1.22. The molecule has 0 N–H and O–H groups in total. The van der Waals surface area contributed by atoms with Gasteiger partial charge in [0.2, 0.25) is 5.95 Å². The van der Waals surface area contributed by atoms with Gasteiger partial charge in [0.15, 0.2) is 0 Å². The molecule has 5 nitrogen and oxygen atoms in total. The van der Waals surface area contributed by atoms with Gasteiger partial charge in [-0.05, 0) is 38.1 Å². The molecule has 23 heavy (non-hydrogen) atoms. The van der Waals surface area contributed by atoms with Crippen molar-refractivity contribution in [2.24, 2.45) is 5.92 Å². The number of aromatic nitrogens is 2. The van der Waals surface area contributed by atoms with Crippen LogP contribution in [-0.4, -0.2) is 62.2 Å². The molecule has 2 aromatic rings. The van der Waals surface area contributed by atoms with E-state index in [1.54, 1.807) is 0 Å². The molecule has 1 unspecified atom stereocenters. The van der Waals surface area contributed by atoms with Crippen LogP contribution in [0.3, 0.4) is 0 Å². The third kappa shape index (κ3) is 3.39. The van der Waals surface area contributed by atoms with Crippen molar-refractivity contribution in [1.82, 2.24) is 14.9 Å². The predicted octanol–water partition coefficient (Wildman–Crippen LogP) is 2.47. The maximum atomic E-state index is 4.84. The lowest BCUT2D eigenvalue weighted by Gasteiger charge is -2.22. The lowest BCUT2D eigenvalue weighted by molar-refractivity contribution is 0.300. The van der Waals surface area contributed by atoms with Gasteiger partial charge in [0, 0.05) is 39.1 Å². The van der Waals surface area contributed by atoms with E-state index in [1.807, 2.05) is 26.2 Å². The Morgan fingerprint density at radius 3 is 2.70 bits per heavy atom. The normalized spacial score (nSPS) is 18.1. The first-order valence-electron chi connectivity index (χ1n) is 8.46. The molecule has 1 aliphatic rings. The summed E-state index contributed by atoms with van der Waals surface area (Å²) in [5.41, 5.74) is 1.02. The molecular weight excluding hydrogens is 286 g/mol. The van der Waals surface area contributed by atoms with Gasteiger partial charge in [-0.15, -0.1) is 0 Å². The molecule has 1 atom stereocenters. The largest absolute Gasteiger partial charge is 0.362 e. The van der Waals surface area contributed by atoms with E-state index in [0.717, 1.165) is 48.8 Å². The average molecular weight is 313 g/mol. The minimum absolute atomic E-state index is 0.706. The Morgan fingerprint density at radius 2 is 1.96 bits per heavy atom. The number of nitrogens with zero attached hydrogens (tertiary/aromatic N) is 5. The first kappa shape index (κ1) is 16.0. The second-order valence-electron chi connectivity index (χ2n) is 6.71. The van der Waals surface area contributed by atoms with Crippen molar-refractivity contribution in [3.63, 3.8) is 0 Å². The molecule has 3 rings (SSSR count). The van der Waals surface area contributed by atoms with Crippen LogP contribution in [0.25, 0.3) is 10.9 Å². The van der Waals surface area contributed by atoms with Crippen molar-refractivity contribution in [1.29, 1.82) is 0 Å². The number of anilines is 2. The molecule has 2 heterocycles. The highest BCUT2D eigenvalue weighted by atomic mass is 15.3. The summed E-state index contributed by atoms with van der Waals surface area (Å²) in [6.45, 7) is 6.57. The molecule has 1 fully saturated rings. The smallest absolute Gasteiger partial charge is 0.227 e. The van der Waals surface area contributed by atoms with E-state index in [1.165, 1.54) is 6.42 Å². The number of para-hydroxylation sites is 1. The molecule has 1 aromatic carbocycles. The number of hydrogen-bond donors (Lipinski definition) is 0. The zero-order valence-electron chi connectivity index (χ0n) is 14.7. The molecule has 0 amide bonds. The van der Waals surface area contributed by atoms with Crippen LogP contribution >= 0.6 is 0 Å². The number of benzene rings is 1. The Labute approximate surface area is 138 Å². The second kappa shape index (κ2) is 6.71. The minimum Gasteiger partial charge on any atom is -0.362 e. The molecule has 1 aliphatic heterocycles. The third-order valence-corrected chi connectivity index (χ3v) is 4.67. The summed E-state index contributed by atoms with van der Waals surface area (Å²) in [5, 5.41) is 1.11. The predicted molar refractivity (Wildman–Crippen MR) is 97.4 cm³/mol. The van der Waals surface area contributed by atoms with Crippen LogP contribution in [0.2, 0.25) is 0 Å². The van der Waals surface area contributed by atoms with E-state index in [2.05, 4.69) is 40.8 Å². The van der Waals surface area contributed by atoms with Crippen molar-refractivity contribution in [3.05, 3.63) is 24.3 Å². The number of fused-ring (bicyclic) bond motifs is 1. The van der Waals surface area contributed by atoms with Crippen molar-refractivity contribution in [3.8, 4) is 0 Å². The van der Waals surface area contributed by atoms with Crippen LogP contribution < -0.4 is 9.80 Å². The zero-order chi connectivity index (χ0) is 16.4. The summed E-state index contributed by atoms with van der Waals surface area (Å²) >= 11 is 0. The van der Waals surface area contributed by atoms with E-state index < -0.39 is 0 Å². The Bertz CT molecular complexity index is 670. The third-order valence-electron chi connectivity index (χ3n) is 4.67. The Hall–Kier alpha value is -1.88. The van der Waals surface area contributed by atoms with E-state index in [0.29, 0.717) is 5.92 Å². The molecule has 5 heteroatoms. The van der Waals surface area contributed by atoms with E-state index in [4.69, 9.17) is 9.97 Å². The maximum Gasteiger partial charge on any atom is 0.227 e. The van der Waals surface area contributed by atoms with Crippen LogP contribution in [0.1, 0.15) is 13.3 Å². The van der Waals surface area contributed by atoms with E-state index in [9.17, 15) is 0 Å². The molecule has 0 radical (unpaired) electrons. The summed E-state index contributed by atoms with van der Waals surface area (Å²) in [7, 11) is 6.28. The molecule has 0 aliphatic carbocycles. The standard InChI is InChI=1S/C18H27N5/c1-5-22(4)12-14-10-11-23(13-14)18-19-16-9-7-6-8-15(16)17(20-18)21(2)3/h6-9,14H,5,10-13H2,1-4H3. The highest BCUT2D eigenvalue weighted by Gasteiger charge is 2.26. The molecule has 0 spiro atoms. The second-order valence-corrected chi connectivity index (χ2v) is 6.71. The average Bonchev–Trinajstić information content (AvgIpc) is 3.02. The van der Waals surface area contributed by atoms with Crippen LogP contribution in [0, 0.1) is 5.92 Å². The summed E-state index contributed by atoms with van der Waals surface area (Å²) in [4.78, 5) is 16.5. The minimum atomic E-state index is 0.706. The highest BCUT2D eigenvalue weighted by Crippen LogP contribution is 2.28. The van der Waals surface area contributed by atoms with Gasteiger partial charge in [-0.2, -0.15) is 4.98 Å². The highest BCUT2D eigenvalue weighted by molar-refractivity contribution is 5.90. The van der Waals surface area contributed by atoms with E-state index >= 15 is 0 Å². The summed E-state index contributed by atoms with van der Waals surface area (Å²) < 4.78 is 0.